The molecule has 2 rings (SSSR count). The number of aromatic amines is 1. The van der Waals surface area contributed by atoms with E-state index < -0.39 is 0 Å². The molecule has 1 N–H and O–H groups in total. The number of hydrogen-bond donors (Lipinski definition) is 1. The Hall–Kier alpha value is -1.20. The van der Waals surface area contributed by atoms with Crippen LogP contribution in [0.25, 0.3) is 0 Å². The molecule has 1 heterocycles. The van der Waals surface area contributed by atoms with Gasteiger partial charge in [0.2, 0.25) is 0 Å². The van der Waals surface area contributed by atoms with Gasteiger partial charge >= 0.3 is 142 Å². The van der Waals surface area contributed by atoms with Crippen molar-refractivity contribution < 1.29 is 4.74 Å². The van der Waals surface area contributed by atoms with Crippen LogP contribution in [0.3, 0.4) is 0 Å². The van der Waals surface area contributed by atoms with Gasteiger partial charge in [-0.1, -0.05) is 0 Å². The third-order valence-electron chi connectivity index (χ3n) is 3.23. The normalized spacial score (nSPS) is 10.9. The molecule has 0 bridgehead atoms. The first kappa shape index (κ1) is 17.2. The summed E-state index contributed by atoms with van der Waals surface area (Å²) in [5.74, 6) is 0. The molecule has 0 saturated carbocycles. The summed E-state index contributed by atoms with van der Waals surface area (Å²) in [5.41, 5.74) is 1.94. The summed E-state index contributed by atoms with van der Waals surface area (Å²) in [6, 6.07) is 8.38. The van der Waals surface area contributed by atoms with Gasteiger partial charge in [-0.2, -0.15) is 0 Å². The molecule has 0 atom stereocenters. The quantitative estimate of drug-likeness (QED) is 0.607. The van der Waals surface area contributed by atoms with Crippen LogP contribution in [0.15, 0.2) is 29.1 Å². The van der Waals surface area contributed by atoms with E-state index in [9.17, 15) is 4.79 Å². The molecule has 6 heteroatoms. The van der Waals surface area contributed by atoms with E-state index >= 15 is 0 Å². The summed E-state index contributed by atoms with van der Waals surface area (Å²) >= 11 is 5.34. The zero-order valence-electron chi connectivity index (χ0n) is 13.0. The van der Waals surface area contributed by atoms with E-state index in [0.717, 1.165) is 10.2 Å². The molecule has 0 aliphatic heterocycles. The fraction of sp³-hybridized carbons (Fsp3) is 0.375. The molecule has 22 heavy (non-hydrogen) atoms. The maximum absolute atomic E-state index is 12.2. The molecule has 0 unspecified atom stereocenters. The summed E-state index contributed by atoms with van der Waals surface area (Å²) in [6.45, 7) is 7.00. The van der Waals surface area contributed by atoms with E-state index in [2.05, 4.69) is 30.1 Å². The molecule has 118 valence electrons. The van der Waals surface area contributed by atoms with E-state index in [1.807, 2.05) is 24.5 Å². The zero-order chi connectivity index (χ0) is 16.1. The fourth-order valence-corrected chi connectivity index (χ4v) is 5.06. The molecule has 0 radical (unpaired) electrons. The van der Waals surface area contributed by atoms with Crippen molar-refractivity contribution in [2.24, 2.45) is 0 Å². The molecule has 0 spiro atoms. The van der Waals surface area contributed by atoms with E-state index in [1.54, 1.807) is 0 Å². The molecule has 2 aromatic rings. The number of benzene rings is 1. The Bertz CT molecular complexity index is 767. The predicted octanol–water partition coefficient (Wildman–Crippen LogP) is 1.43. The second-order valence-corrected chi connectivity index (χ2v) is 7.48. The maximum atomic E-state index is 12.2. The van der Waals surface area contributed by atoms with Gasteiger partial charge in [0, 0.05) is 0 Å². The fourth-order valence-electron chi connectivity index (χ4n) is 2.11. The van der Waals surface area contributed by atoms with Crippen LogP contribution in [-0.4, -0.2) is 31.1 Å². The molecule has 1 aromatic heterocycles. The number of ether oxygens (including phenoxy) is 1. The van der Waals surface area contributed by atoms with Crippen molar-refractivity contribution >= 4 is 36.2 Å². The van der Waals surface area contributed by atoms with Gasteiger partial charge in [-0.3, -0.25) is 0 Å². The second kappa shape index (κ2) is 7.88. The van der Waals surface area contributed by atoms with E-state index in [-0.39, 0.29) is 20.5 Å². The Morgan fingerprint density at radius 3 is 2.77 bits per heavy atom. The molecule has 0 amide bonds. The van der Waals surface area contributed by atoms with Crippen LogP contribution in [0.1, 0.15) is 25.0 Å². The Morgan fingerprint density at radius 2 is 2.14 bits per heavy atom. The summed E-state index contributed by atoms with van der Waals surface area (Å²) in [5, 5.41) is 0. The number of aryl methyl sites for hydroxylation is 1. The van der Waals surface area contributed by atoms with Crippen LogP contribution in [0.2, 0.25) is 0 Å². The van der Waals surface area contributed by atoms with Crippen LogP contribution >= 0.6 is 12.2 Å². The SMILES string of the molecule is CCOCn1c([Se]c2cccc(C)c2)c(CC)c(=O)[nH]c1=S. The van der Waals surface area contributed by atoms with Crippen molar-refractivity contribution in [2.75, 3.05) is 6.61 Å². The van der Waals surface area contributed by atoms with Crippen molar-refractivity contribution in [1.29, 1.82) is 0 Å². The van der Waals surface area contributed by atoms with Crippen molar-refractivity contribution in [3.8, 4) is 0 Å². The average molecular weight is 383 g/mol. The van der Waals surface area contributed by atoms with Crippen molar-refractivity contribution in [1.82, 2.24) is 9.55 Å². The van der Waals surface area contributed by atoms with Gasteiger partial charge in [0.25, 0.3) is 0 Å². The second-order valence-electron chi connectivity index (χ2n) is 4.87. The van der Waals surface area contributed by atoms with Crippen molar-refractivity contribution in [3.63, 3.8) is 0 Å². The average Bonchev–Trinajstić information content (AvgIpc) is 2.47. The molecular formula is C16H20N2O2SSe. The minimum absolute atomic E-state index is 0.0102. The number of hydrogen-bond acceptors (Lipinski definition) is 3. The van der Waals surface area contributed by atoms with Crippen molar-refractivity contribution in [3.05, 3.63) is 50.5 Å². The molecule has 0 saturated heterocycles. The van der Waals surface area contributed by atoms with Crippen LogP contribution < -0.4 is 14.6 Å². The number of nitrogens with zero attached hydrogens (tertiary/aromatic N) is 1. The first-order chi connectivity index (χ1) is 10.6. The molecule has 0 aliphatic carbocycles. The molecule has 0 aliphatic rings. The standard InChI is InChI=1S/C16H20N2O2SSe/c1-4-13-14(19)17-16(21)18(10-20-5-2)15(13)22-12-8-6-7-11(3)9-12/h6-9H,4-5,10H2,1-3H3,(H,17,19,21). The third kappa shape index (κ3) is 3.96. The molecule has 4 nitrogen and oxygen atoms in total. The summed E-state index contributed by atoms with van der Waals surface area (Å²) in [7, 11) is 0. The van der Waals surface area contributed by atoms with E-state index in [4.69, 9.17) is 17.0 Å². The number of H-pyrrole nitrogens is 1. The predicted molar refractivity (Wildman–Crippen MR) is 93.1 cm³/mol. The van der Waals surface area contributed by atoms with Crippen LogP contribution in [0.4, 0.5) is 0 Å². The number of nitrogens with one attached hydrogen (secondary N) is 1. The van der Waals surface area contributed by atoms with E-state index in [1.165, 1.54) is 10.0 Å². The summed E-state index contributed by atoms with van der Waals surface area (Å²) in [6.07, 6.45) is 0.681. The van der Waals surface area contributed by atoms with Gasteiger partial charge in [-0.15, -0.1) is 0 Å². The summed E-state index contributed by atoms with van der Waals surface area (Å²) < 4.78 is 10.1. The van der Waals surface area contributed by atoms with Gasteiger partial charge in [0.15, 0.2) is 0 Å². The zero-order valence-corrected chi connectivity index (χ0v) is 15.5. The van der Waals surface area contributed by atoms with Crippen LogP contribution in [0.5, 0.6) is 0 Å². The Morgan fingerprint density at radius 1 is 1.36 bits per heavy atom. The molecule has 1 aromatic carbocycles. The monoisotopic (exact) mass is 384 g/mol. The van der Waals surface area contributed by atoms with Crippen LogP contribution in [-0.2, 0) is 17.9 Å². The number of aromatic nitrogens is 2. The topological polar surface area (TPSA) is 47.0 Å². The first-order valence-electron chi connectivity index (χ1n) is 7.25. The van der Waals surface area contributed by atoms with Gasteiger partial charge < -0.3 is 0 Å². The summed E-state index contributed by atoms with van der Waals surface area (Å²) in [4.78, 5) is 15.0. The Labute approximate surface area is 141 Å². The molecule has 0 fully saturated rings. The minimum atomic E-state index is -0.0789. The number of rotatable bonds is 6. The van der Waals surface area contributed by atoms with Gasteiger partial charge in [0.1, 0.15) is 0 Å². The van der Waals surface area contributed by atoms with Gasteiger partial charge in [-0.25, -0.2) is 0 Å². The van der Waals surface area contributed by atoms with Crippen LogP contribution in [0, 0.1) is 11.7 Å². The molecular weight excluding hydrogens is 363 g/mol. The third-order valence-corrected chi connectivity index (χ3v) is 5.96. The van der Waals surface area contributed by atoms with Gasteiger partial charge in [0.05, 0.1) is 0 Å². The van der Waals surface area contributed by atoms with Crippen molar-refractivity contribution in [2.45, 2.75) is 33.9 Å². The Kier molecular flexibility index (Phi) is 6.15. The van der Waals surface area contributed by atoms with E-state index in [0.29, 0.717) is 24.5 Å². The van der Waals surface area contributed by atoms with Gasteiger partial charge in [-0.05, 0) is 0 Å². The Balaban J connectivity index is 2.55. The first-order valence-corrected chi connectivity index (χ1v) is 9.37.